The van der Waals surface area contributed by atoms with E-state index in [9.17, 15) is 13.6 Å². The molecule has 0 radical (unpaired) electrons. The first-order valence-electron chi connectivity index (χ1n) is 8.73. The van der Waals surface area contributed by atoms with Gasteiger partial charge >= 0.3 is 0 Å². The Balaban J connectivity index is 1.71. The first-order chi connectivity index (χ1) is 13.9. The van der Waals surface area contributed by atoms with E-state index < -0.39 is 17.3 Å². The molecule has 152 valence electrons. The van der Waals surface area contributed by atoms with Crippen molar-refractivity contribution >= 4 is 28.5 Å². The monoisotopic (exact) mass is 414 g/mol. The van der Waals surface area contributed by atoms with E-state index in [1.165, 1.54) is 0 Å². The molecule has 0 aliphatic rings. The van der Waals surface area contributed by atoms with Crippen LogP contribution in [-0.2, 0) is 11.3 Å². The summed E-state index contributed by atoms with van der Waals surface area (Å²) in [5.74, 6) is 0.122. The number of nitrogens with two attached hydrogens (primary N) is 1. The standard InChI is InChI=1S/C19H21N5O4S/c1-12-18(13(2)28-23-12)24(29(26)27)11-17(20)14-3-5-15(6-4-14)19(25)22-16-7-9-21-10-8-16/h3-10,17H,11,20H2,1-2H3,(H,26,27)(H,21,22,25)/p-1. The van der Waals surface area contributed by atoms with Gasteiger partial charge in [0.05, 0.1) is 6.54 Å². The van der Waals surface area contributed by atoms with Crippen LogP contribution in [0, 0.1) is 13.8 Å². The van der Waals surface area contributed by atoms with Crippen molar-refractivity contribution in [3.63, 3.8) is 0 Å². The maximum Gasteiger partial charge on any atom is 0.255 e. The second-order valence-corrected chi connectivity index (χ2v) is 7.24. The van der Waals surface area contributed by atoms with E-state index in [2.05, 4.69) is 15.5 Å². The number of hydrogen-bond donors (Lipinski definition) is 2. The fraction of sp³-hybridized carbons (Fsp3) is 0.211. The summed E-state index contributed by atoms with van der Waals surface area (Å²) in [5, 5.41) is 6.55. The normalized spacial score (nSPS) is 13.0. The van der Waals surface area contributed by atoms with Gasteiger partial charge in [0.25, 0.3) is 5.91 Å². The van der Waals surface area contributed by atoms with Crippen molar-refractivity contribution in [3.05, 3.63) is 71.4 Å². The molecule has 0 saturated carbocycles. The topological polar surface area (TPSA) is 137 Å². The maximum absolute atomic E-state index is 12.3. The molecule has 0 spiro atoms. The minimum atomic E-state index is -2.55. The summed E-state index contributed by atoms with van der Waals surface area (Å²) in [6.45, 7) is 3.30. The van der Waals surface area contributed by atoms with Gasteiger partial charge < -0.3 is 20.1 Å². The Kier molecular flexibility index (Phi) is 6.37. The first-order valence-corrected chi connectivity index (χ1v) is 9.76. The molecule has 2 atom stereocenters. The Morgan fingerprint density at radius 3 is 2.45 bits per heavy atom. The molecule has 0 aliphatic heterocycles. The molecule has 0 saturated heterocycles. The van der Waals surface area contributed by atoms with Crippen LogP contribution in [-0.4, -0.2) is 31.4 Å². The number of anilines is 2. The third-order valence-corrected chi connectivity index (χ3v) is 5.02. The van der Waals surface area contributed by atoms with Gasteiger partial charge in [0, 0.05) is 41.0 Å². The van der Waals surface area contributed by atoms with Gasteiger partial charge in [-0.3, -0.25) is 18.3 Å². The zero-order valence-corrected chi connectivity index (χ0v) is 16.7. The Morgan fingerprint density at radius 1 is 1.24 bits per heavy atom. The zero-order chi connectivity index (χ0) is 21.0. The molecule has 3 rings (SSSR count). The second-order valence-electron chi connectivity index (χ2n) is 6.37. The molecule has 1 amide bonds. The molecule has 2 unspecified atom stereocenters. The SMILES string of the molecule is Cc1noc(C)c1N(CC(N)c1ccc(C(=O)Nc2ccncc2)cc1)S(=O)[O-]. The van der Waals surface area contributed by atoms with Crippen molar-refractivity contribution in [3.8, 4) is 0 Å². The summed E-state index contributed by atoms with van der Waals surface area (Å²) in [4.78, 5) is 16.2. The predicted molar refractivity (Wildman–Crippen MR) is 108 cm³/mol. The number of hydrogen-bond acceptors (Lipinski definition) is 7. The van der Waals surface area contributed by atoms with Crippen LogP contribution in [0.3, 0.4) is 0 Å². The van der Waals surface area contributed by atoms with Gasteiger partial charge in [0.15, 0.2) is 5.76 Å². The number of amides is 1. The van der Waals surface area contributed by atoms with Crippen LogP contribution in [0.5, 0.6) is 0 Å². The quantitative estimate of drug-likeness (QED) is 0.566. The summed E-state index contributed by atoms with van der Waals surface area (Å²) < 4.78 is 29.6. The van der Waals surface area contributed by atoms with E-state index in [0.29, 0.717) is 34.0 Å². The summed E-state index contributed by atoms with van der Waals surface area (Å²) in [5.41, 5.74) is 8.83. The lowest BCUT2D eigenvalue weighted by atomic mass is 10.0. The summed E-state index contributed by atoms with van der Waals surface area (Å²) >= 11 is -2.55. The van der Waals surface area contributed by atoms with Crippen LogP contribution in [0.2, 0.25) is 0 Å². The van der Waals surface area contributed by atoms with Crippen LogP contribution in [0.25, 0.3) is 0 Å². The lowest BCUT2D eigenvalue weighted by Gasteiger charge is -2.28. The van der Waals surface area contributed by atoms with Gasteiger partial charge in [-0.15, -0.1) is 0 Å². The van der Waals surface area contributed by atoms with Gasteiger partial charge in [-0.2, -0.15) is 0 Å². The van der Waals surface area contributed by atoms with Crippen LogP contribution >= 0.6 is 0 Å². The van der Waals surface area contributed by atoms with Crippen molar-refractivity contribution in [1.82, 2.24) is 10.1 Å². The summed E-state index contributed by atoms with van der Waals surface area (Å²) in [6.07, 6.45) is 3.17. The largest absolute Gasteiger partial charge is 0.755 e. The van der Waals surface area contributed by atoms with Gasteiger partial charge in [0.1, 0.15) is 11.4 Å². The van der Waals surface area contributed by atoms with Crippen molar-refractivity contribution < 1.29 is 18.1 Å². The predicted octanol–water partition coefficient (Wildman–Crippen LogP) is 2.24. The molecule has 3 N–H and O–H groups in total. The molecule has 0 aliphatic carbocycles. The number of carbonyl (C=O) groups is 1. The average Bonchev–Trinajstić information content (AvgIpc) is 3.04. The highest BCUT2D eigenvalue weighted by Gasteiger charge is 2.21. The highest BCUT2D eigenvalue weighted by atomic mass is 32.2. The van der Waals surface area contributed by atoms with Crippen molar-refractivity contribution in [2.24, 2.45) is 5.73 Å². The lowest BCUT2D eigenvalue weighted by Crippen LogP contribution is -2.34. The van der Waals surface area contributed by atoms with E-state index in [0.717, 1.165) is 4.31 Å². The van der Waals surface area contributed by atoms with Crippen LogP contribution in [0.15, 0.2) is 53.3 Å². The first kappa shape index (κ1) is 20.6. The number of aryl methyl sites for hydroxylation is 2. The number of nitrogens with zero attached hydrogens (tertiary/aromatic N) is 3. The second kappa shape index (κ2) is 8.95. The number of carbonyl (C=O) groups excluding carboxylic acids is 1. The minimum absolute atomic E-state index is 0.00155. The molecule has 1 aromatic carbocycles. The molecular weight excluding hydrogens is 394 g/mol. The minimum Gasteiger partial charge on any atom is -0.755 e. The van der Waals surface area contributed by atoms with Gasteiger partial charge in [-0.25, -0.2) is 0 Å². The molecule has 0 bridgehead atoms. The fourth-order valence-electron chi connectivity index (χ4n) is 2.87. The van der Waals surface area contributed by atoms with Crippen LogP contribution in [0.4, 0.5) is 11.4 Å². The highest BCUT2D eigenvalue weighted by Crippen LogP contribution is 2.27. The molecule has 0 fully saturated rings. The third-order valence-electron chi connectivity index (χ3n) is 4.33. The van der Waals surface area contributed by atoms with Crippen LogP contribution in [0.1, 0.15) is 33.4 Å². The van der Waals surface area contributed by atoms with E-state index in [-0.39, 0.29) is 12.5 Å². The lowest BCUT2D eigenvalue weighted by molar-refractivity contribution is 0.102. The van der Waals surface area contributed by atoms with E-state index in [4.69, 9.17) is 10.3 Å². The Labute approximate surface area is 170 Å². The van der Waals surface area contributed by atoms with Crippen molar-refractivity contribution in [2.45, 2.75) is 19.9 Å². The Morgan fingerprint density at radius 2 is 1.90 bits per heavy atom. The van der Waals surface area contributed by atoms with E-state index in [1.807, 2.05) is 0 Å². The number of pyridine rings is 1. The zero-order valence-electron chi connectivity index (χ0n) is 15.9. The molecule has 9 nitrogen and oxygen atoms in total. The van der Waals surface area contributed by atoms with E-state index in [1.54, 1.807) is 62.6 Å². The molecular formula is C19H20N5O4S-. The molecule has 10 heteroatoms. The number of aromatic nitrogens is 2. The smallest absolute Gasteiger partial charge is 0.255 e. The number of benzene rings is 1. The van der Waals surface area contributed by atoms with E-state index >= 15 is 0 Å². The summed E-state index contributed by atoms with van der Waals surface area (Å²) in [6, 6.07) is 9.44. The molecule has 29 heavy (non-hydrogen) atoms. The van der Waals surface area contributed by atoms with Gasteiger partial charge in [-0.05, 0) is 43.7 Å². The molecule has 2 heterocycles. The van der Waals surface area contributed by atoms with Crippen molar-refractivity contribution in [2.75, 3.05) is 16.2 Å². The van der Waals surface area contributed by atoms with Gasteiger partial charge in [0.2, 0.25) is 0 Å². The Bertz CT molecular complexity index is 988. The average molecular weight is 414 g/mol. The Hall–Kier alpha value is -3.08. The molecule has 3 aromatic rings. The van der Waals surface area contributed by atoms with Gasteiger partial charge in [-0.1, -0.05) is 17.3 Å². The number of nitrogens with one attached hydrogen (secondary N) is 1. The van der Waals surface area contributed by atoms with Crippen molar-refractivity contribution in [1.29, 1.82) is 0 Å². The maximum atomic E-state index is 12.3. The van der Waals surface area contributed by atoms with Crippen LogP contribution < -0.4 is 15.4 Å². The molecule has 2 aromatic heterocycles. The fourth-order valence-corrected chi connectivity index (χ4v) is 3.56. The summed E-state index contributed by atoms with van der Waals surface area (Å²) in [7, 11) is 0. The third kappa shape index (κ3) is 4.86. The highest BCUT2D eigenvalue weighted by molar-refractivity contribution is 7.80. The number of rotatable bonds is 7.